The zero-order valence-corrected chi connectivity index (χ0v) is 13.8. The van der Waals surface area contributed by atoms with Crippen molar-refractivity contribution in [2.45, 2.75) is 51.6 Å². The van der Waals surface area contributed by atoms with Crippen LogP contribution >= 0.6 is 0 Å². The van der Waals surface area contributed by atoms with E-state index >= 15 is 0 Å². The number of ether oxygens (including phenoxy) is 2. The molecule has 0 aliphatic heterocycles. The van der Waals surface area contributed by atoms with Crippen molar-refractivity contribution in [2.24, 2.45) is 5.92 Å². The smallest absolute Gasteiger partial charge is 0.306 e. The van der Waals surface area contributed by atoms with Crippen LogP contribution in [0.3, 0.4) is 0 Å². The molecule has 0 spiro atoms. The molecule has 0 saturated heterocycles. The minimum absolute atomic E-state index is 0.0309. The average molecular weight is 319 g/mol. The summed E-state index contributed by atoms with van der Waals surface area (Å²) in [5.41, 5.74) is 0.686. The fourth-order valence-electron chi connectivity index (χ4n) is 2.71. The third-order valence-electron chi connectivity index (χ3n) is 4.19. The summed E-state index contributed by atoms with van der Waals surface area (Å²) in [6.45, 7) is 2.22. The van der Waals surface area contributed by atoms with Crippen LogP contribution < -0.4 is 10.1 Å². The topological polar surface area (TPSA) is 64.6 Å². The number of rotatable bonds is 6. The number of hydrogen-bond acceptors (Lipinski definition) is 4. The Morgan fingerprint density at radius 2 is 1.74 bits per heavy atom. The first-order chi connectivity index (χ1) is 11.1. The third-order valence-corrected chi connectivity index (χ3v) is 4.19. The molecule has 0 bridgehead atoms. The van der Waals surface area contributed by atoms with E-state index in [1.807, 2.05) is 0 Å². The number of amides is 1. The molecule has 0 unspecified atom stereocenters. The molecular weight excluding hydrogens is 294 g/mol. The molecule has 1 saturated carbocycles. The Hall–Kier alpha value is -2.04. The molecule has 1 amide bonds. The van der Waals surface area contributed by atoms with Crippen LogP contribution in [0.25, 0.3) is 0 Å². The summed E-state index contributed by atoms with van der Waals surface area (Å²) in [7, 11) is 1.59. The summed E-state index contributed by atoms with van der Waals surface area (Å²) < 4.78 is 10.5. The van der Waals surface area contributed by atoms with E-state index in [1.54, 1.807) is 31.4 Å². The maximum Gasteiger partial charge on any atom is 0.306 e. The molecule has 1 aliphatic rings. The highest BCUT2D eigenvalue weighted by atomic mass is 16.5. The van der Waals surface area contributed by atoms with E-state index in [9.17, 15) is 9.59 Å². The zero-order chi connectivity index (χ0) is 16.7. The first-order valence-corrected chi connectivity index (χ1v) is 8.20. The average Bonchev–Trinajstić information content (AvgIpc) is 2.56. The van der Waals surface area contributed by atoms with Gasteiger partial charge in [-0.3, -0.25) is 9.59 Å². The van der Waals surface area contributed by atoms with Crippen molar-refractivity contribution in [2.75, 3.05) is 12.4 Å². The largest absolute Gasteiger partial charge is 0.497 e. The predicted octanol–water partition coefficient (Wildman–Crippen LogP) is 3.54. The minimum Gasteiger partial charge on any atom is -0.497 e. The number of carbonyl (C=O) groups excluding carboxylic acids is 2. The highest BCUT2D eigenvalue weighted by Crippen LogP contribution is 2.25. The number of methoxy groups -OCH3 is 1. The second-order valence-corrected chi connectivity index (χ2v) is 6.15. The fraction of sp³-hybridized carbons (Fsp3) is 0.556. The summed E-state index contributed by atoms with van der Waals surface area (Å²) in [6, 6.07) is 7.07. The van der Waals surface area contributed by atoms with E-state index in [0.717, 1.165) is 37.4 Å². The van der Waals surface area contributed by atoms with Gasteiger partial charge in [0.15, 0.2) is 0 Å². The summed E-state index contributed by atoms with van der Waals surface area (Å²) in [5, 5.41) is 2.76. The molecule has 1 aromatic rings. The molecule has 1 aliphatic carbocycles. The molecule has 2 rings (SSSR count). The molecule has 1 fully saturated rings. The first-order valence-electron chi connectivity index (χ1n) is 8.20. The van der Waals surface area contributed by atoms with Crippen LogP contribution in [0.2, 0.25) is 0 Å². The third kappa shape index (κ3) is 5.93. The molecule has 1 N–H and O–H groups in total. The quantitative estimate of drug-likeness (QED) is 0.815. The van der Waals surface area contributed by atoms with E-state index in [2.05, 4.69) is 12.2 Å². The first kappa shape index (κ1) is 17.3. The number of anilines is 1. The second kappa shape index (κ2) is 8.56. The van der Waals surface area contributed by atoms with Crippen molar-refractivity contribution in [1.29, 1.82) is 0 Å². The fourth-order valence-corrected chi connectivity index (χ4v) is 2.71. The lowest BCUT2D eigenvalue weighted by Gasteiger charge is -2.25. The van der Waals surface area contributed by atoms with Crippen LogP contribution in [0, 0.1) is 5.92 Å². The lowest BCUT2D eigenvalue weighted by atomic mass is 9.89. The Bertz CT molecular complexity index is 518. The van der Waals surface area contributed by atoms with Gasteiger partial charge in [-0.1, -0.05) is 6.92 Å². The zero-order valence-electron chi connectivity index (χ0n) is 13.8. The molecule has 23 heavy (non-hydrogen) atoms. The molecule has 0 aromatic heterocycles. The highest BCUT2D eigenvalue weighted by molar-refractivity contribution is 5.92. The van der Waals surface area contributed by atoms with Gasteiger partial charge in [0.25, 0.3) is 0 Å². The highest BCUT2D eigenvalue weighted by Gasteiger charge is 2.21. The Morgan fingerprint density at radius 1 is 1.09 bits per heavy atom. The SMILES string of the molecule is COc1ccc(NC(=O)CCC(=O)OC2CCC(C)CC2)cc1. The molecule has 0 heterocycles. The lowest BCUT2D eigenvalue weighted by Crippen LogP contribution is -2.24. The minimum atomic E-state index is -0.283. The van der Waals surface area contributed by atoms with Crippen LogP contribution in [0.5, 0.6) is 5.75 Å². The van der Waals surface area contributed by atoms with Gasteiger partial charge in [0.2, 0.25) is 5.91 Å². The summed E-state index contributed by atoms with van der Waals surface area (Å²) in [5.74, 6) is 0.979. The van der Waals surface area contributed by atoms with Gasteiger partial charge in [0.05, 0.1) is 13.5 Å². The molecular formula is C18H25NO4. The number of nitrogens with one attached hydrogen (secondary N) is 1. The van der Waals surface area contributed by atoms with Crippen molar-refractivity contribution in [3.63, 3.8) is 0 Å². The lowest BCUT2D eigenvalue weighted by molar-refractivity contribution is -0.151. The van der Waals surface area contributed by atoms with Gasteiger partial charge in [0.1, 0.15) is 11.9 Å². The van der Waals surface area contributed by atoms with Gasteiger partial charge in [0, 0.05) is 12.1 Å². The van der Waals surface area contributed by atoms with Crippen molar-refractivity contribution in [3.8, 4) is 5.75 Å². The normalized spacial score (nSPS) is 20.6. The molecule has 1 aromatic carbocycles. The molecule has 126 valence electrons. The van der Waals surface area contributed by atoms with E-state index in [4.69, 9.17) is 9.47 Å². The summed E-state index contributed by atoms with van der Waals surface area (Å²) in [4.78, 5) is 23.7. The van der Waals surface area contributed by atoms with Crippen molar-refractivity contribution >= 4 is 17.6 Å². The Balaban J connectivity index is 1.67. The van der Waals surface area contributed by atoms with Crippen LogP contribution in [0.15, 0.2) is 24.3 Å². The standard InChI is InChI=1S/C18H25NO4/c1-13-3-7-16(8-4-13)23-18(21)12-11-17(20)19-14-5-9-15(22-2)10-6-14/h5-6,9-10,13,16H,3-4,7-8,11-12H2,1-2H3,(H,19,20). The van der Waals surface area contributed by atoms with Gasteiger partial charge in [-0.05, 0) is 55.9 Å². The molecule has 5 nitrogen and oxygen atoms in total. The van der Waals surface area contributed by atoms with Crippen LogP contribution in [-0.4, -0.2) is 25.1 Å². The van der Waals surface area contributed by atoms with Crippen molar-refractivity contribution in [3.05, 3.63) is 24.3 Å². The monoisotopic (exact) mass is 319 g/mol. The Morgan fingerprint density at radius 3 is 2.35 bits per heavy atom. The molecule has 0 atom stereocenters. The molecule has 5 heteroatoms. The summed E-state index contributed by atoms with van der Waals surface area (Å²) in [6.07, 6.45) is 4.37. The number of esters is 1. The number of carbonyl (C=O) groups is 2. The number of hydrogen-bond donors (Lipinski definition) is 1. The summed E-state index contributed by atoms with van der Waals surface area (Å²) >= 11 is 0. The van der Waals surface area contributed by atoms with Crippen LogP contribution in [-0.2, 0) is 14.3 Å². The maximum atomic E-state index is 11.9. The predicted molar refractivity (Wildman–Crippen MR) is 88.4 cm³/mol. The maximum absolute atomic E-state index is 11.9. The van der Waals surface area contributed by atoms with Crippen LogP contribution in [0.4, 0.5) is 5.69 Å². The van der Waals surface area contributed by atoms with Crippen LogP contribution in [0.1, 0.15) is 45.4 Å². The van der Waals surface area contributed by atoms with Crippen molar-refractivity contribution in [1.82, 2.24) is 0 Å². The molecule has 0 radical (unpaired) electrons. The van der Waals surface area contributed by atoms with Crippen molar-refractivity contribution < 1.29 is 19.1 Å². The van der Waals surface area contributed by atoms with Gasteiger partial charge >= 0.3 is 5.97 Å². The second-order valence-electron chi connectivity index (χ2n) is 6.15. The van der Waals surface area contributed by atoms with Gasteiger partial charge in [-0.25, -0.2) is 0 Å². The van der Waals surface area contributed by atoms with Gasteiger partial charge < -0.3 is 14.8 Å². The number of benzene rings is 1. The van der Waals surface area contributed by atoms with Gasteiger partial charge in [-0.2, -0.15) is 0 Å². The van der Waals surface area contributed by atoms with E-state index in [0.29, 0.717) is 5.69 Å². The van der Waals surface area contributed by atoms with Gasteiger partial charge in [-0.15, -0.1) is 0 Å². The van der Waals surface area contributed by atoms with E-state index in [-0.39, 0.29) is 30.8 Å². The van der Waals surface area contributed by atoms with E-state index in [1.165, 1.54) is 0 Å². The Kier molecular flexibility index (Phi) is 6.44. The Labute approximate surface area is 137 Å². The van der Waals surface area contributed by atoms with E-state index < -0.39 is 0 Å².